The van der Waals surface area contributed by atoms with Gasteiger partial charge < -0.3 is 19.7 Å². The first-order valence-electron chi connectivity index (χ1n) is 6.97. The van der Waals surface area contributed by atoms with Crippen LogP contribution in [0.3, 0.4) is 0 Å². The van der Waals surface area contributed by atoms with Gasteiger partial charge >= 0.3 is 0 Å². The van der Waals surface area contributed by atoms with Gasteiger partial charge in [0, 0.05) is 5.75 Å². The number of hydrogen-bond acceptors (Lipinski definition) is 5. The summed E-state index contributed by atoms with van der Waals surface area (Å²) in [5.74, 6) is 1.27. The van der Waals surface area contributed by atoms with E-state index in [1.807, 2.05) is 30.3 Å². The minimum absolute atomic E-state index is 0.176. The summed E-state index contributed by atoms with van der Waals surface area (Å²) >= 11 is 3.98. The molecule has 0 saturated heterocycles. The fourth-order valence-electron chi connectivity index (χ4n) is 2.04. The van der Waals surface area contributed by atoms with Gasteiger partial charge in [-0.05, 0) is 23.3 Å². The minimum atomic E-state index is -1.01. The van der Waals surface area contributed by atoms with Crippen molar-refractivity contribution in [1.82, 2.24) is 0 Å². The van der Waals surface area contributed by atoms with Gasteiger partial charge in [-0.1, -0.05) is 36.4 Å². The quantitative estimate of drug-likeness (QED) is 0.686. The molecule has 0 spiro atoms. The maximum atomic E-state index is 10.0. The monoisotopic (exact) mass is 320 g/mol. The molecule has 0 amide bonds. The molecule has 0 radical (unpaired) electrons. The van der Waals surface area contributed by atoms with Crippen LogP contribution in [0.4, 0.5) is 0 Å². The Morgan fingerprint density at radius 1 is 1.05 bits per heavy atom. The Hall–Kier alpha value is -1.69. The Morgan fingerprint density at radius 3 is 2.41 bits per heavy atom. The number of aliphatic hydroxyl groups excluding tert-OH is 2. The van der Waals surface area contributed by atoms with Crippen LogP contribution in [0.5, 0.6) is 11.5 Å². The molecule has 2 aromatic rings. The molecule has 0 heterocycles. The lowest BCUT2D eigenvalue weighted by atomic mass is 10.0. The number of methoxy groups -OCH3 is 1. The zero-order chi connectivity index (χ0) is 15.9. The molecule has 0 aromatic heterocycles. The molecule has 5 heteroatoms. The summed E-state index contributed by atoms with van der Waals surface area (Å²) in [5.41, 5.74) is 1.62. The normalized spacial score (nSPS) is 13.5. The van der Waals surface area contributed by atoms with Crippen molar-refractivity contribution in [3.63, 3.8) is 0 Å². The second kappa shape index (κ2) is 8.08. The number of ether oxygens (including phenoxy) is 2. The highest BCUT2D eigenvalue weighted by Crippen LogP contribution is 2.32. The lowest BCUT2D eigenvalue weighted by Crippen LogP contribution is -2.19. The third-order valence-electron chi connectivity index (χ3n) is 3.32. The summed E-state index contributed by atoms with van der Waals surface area (Å²) in [4.78, 5) is 0. The summed E-state index contributed by atoms with van der Waals surface area (Å²) in [6.07, 6.45) is -1.93. The second-order valence-electron chi connectivity index (χ2n) is 4.88. The van der Waals surface area contributed by atoms with Crippen LogP contribution in [0.15, 0.2) is 48.5 Å². The fraction of sp³-hybridized carbons (Fsp3) is 0.294. The Balaban J connectivity index is 2.12. The SMILES string of the molecule is COc1cc(C(O)C(O)CS)ccc1OCc1ccccc1. The van der Waals surface area contributed by atoms with Gasteiger partial charge in [0.05, 0.1) is 13.2 Å². The van der Waals surface area contributed by atoms with Gasteiger partial charge in [0.25, 0.3) is 0 Å². The van der Waals surface area contributed by atoms with Crippen LogP contribution in [0.25, 0.3) is 0 Å². The molecule has 2 atom stereocenters. The standard InChI is InChI=1S/C17H20O4S/c1-20-16-9-13(17(19)14(18)11-22)7-8-15(16)21-10-12-5-3-2-4-6-12/h2-9,14,17-19,22H,10-11H2,1H3. The van der Waals surface area contributed by atoms with E-state index in [1.165, 1.54) is 7.11 Å². The summed E-state index contributed by atoms with van der Waals surface area (Å²) in [5, 5.41) is 19.7. The van der Waals surface area contributed by atoms with Gasteiger partial charge in [-0.3, -0.25) is 0 Å². The highest BCUT2D eigenvalue weighted by Gasteiger charge is 2.18. The number of thiol groups is 1. The first-order chi connectivity index (χ1) is 10.7. The molecule has 2 unspecified atom stereocenters. The van der Waals surface area contributed by atoms with Gasteiger partial charge in [0.15, 0.2) is 11.5 Å². The Morgan fingerprint density at radius 2 is 1.77 bits per heavy atom. The Labute approximate surface area is 135 Å². The average molecular weight is 320 g/mol. The zero-order valence-electron chi connectivity index (χ0n) is 12.3. The predicted molar refractivity (Wildman–Crippen MR) is 88.6 cm³/mol. The van der Waals surface area contributed by atoms with Crippen molar-refractivity contribution >= 4 is 12.6 Å². The van der Waals surface area contributed by atoms with Crippen LogP contribution in [-0.4, -0.2) is 29.2 Å². The lowest BCUT2D eigenvalue weighted by Gasteiger charge is -2.18. The van der Waals surface area contributed by atoms with Crippen molar-refractivity contribution in [2.75, 3.05) is 12.9 Å². The van der Waals surface area contributed by atoms with Crippen LogP contribution >= 0.6 is 12.6 Å². The maximum absolute atomic E-state index is 10.0. The van der Waals surface area contributed by atoms with Crippen LogP contribution < -0.4 is 9.47 Å². The van der Waals surface area contributed by atoms with Crippen LogP contribution in [0.2, 0.25) is 0 Å². The molecule has 2 rings (SSSR count). The van der Waals surface area contributed by atoms with E-state index in [1.54, 1.807) is 18.2 Å². The van der Waals surface area contributed by atoms with Gasteiger partial charge in [-0.2, -0.15) is 12.6 Å². The molecule has 0 saturated carbocycles. The topological polar surface area (TPSA) is 58.9 Å². The van der Waals surface area contributed by atoms with E-state index < -0.39 is 12.2 Å². The summed E-state index contributed by atoms with van der Waals surface area (Å²) in [6.45, 7) is 0.429. The van der Waals surface area contributed by atoms with Gasteiger partial charge in [0.1, 0.15) is 12.7 Å². The third kappa shape index (κ3) is 4.16. The molecule has 0 aliphatic carbocycles. The van der Waals surface area contributed by atoms with Crippen LogP contribution in [0.1, 0.15) is 17.2 Å². The van der Waals surface area contributed by atoms with Crippen molar-refractivity contribution in [2.24, 2.45) is 0 Å². The van der Waals surface area contributed by atoms with E-state index >= 15 is 0 Å². The number of rotatable bonds is 7. The first kappa shape index (κ1) is 16.7. The van der Waals surface area contributed by atoms with E-state index in [2.05, 4.69) is 12.6 Å². The number of hydrogen-bond donors (Lipinski definition) is 3. The van der Waals surface area contributed by atoms with E-state index in [9.17, 15) is 10.2 Å². The molecule has 2 N–H and O–H groups in total. The highest BCUT2D eigenvalue weighted by atomic mass is 32.1. The molecule has 22 heavy (non-hydrogen) atoms. The fourth-order valence-corrected chi connectivity index (χ4v) is 2.24. The summed E-state index contributed by atoms with van der Waals surface area (Å²) in [6, 6.07) is 14.9. The predicted octanol–water partition coefficient (Wildman–Crippen LogP) is 2.60. The Kier molecular flexibility index (Phi) is 6.12. The lowest BCUT2D eigenvalue weighted by molar-refractivity contribution is 0.0336. The van der Waals surface area contributed by atoms with Crippen LogP contribution in [0, 0.1) is 0 Å². The van der Waals surface area contributed by atoms with Crippen molar-refractivity contribution in [3.8, 4) is 11.5 Å². The van der Waals surface area contributed by atoms with Gasteiger partial charge in [0.2, 0.25) is 0 Å². The molecular formula is C17H20O4S. The first-order valence-corrected chi connectivity index (χ1v) is 7.60. The molecular weight excluding hydrogens is 300 g/mol. The zero-order valence-corrected chi connectivity index (χ0v) is 13.2. The number of aliphatic hydroxyl groups is 2. The molecule has 0 aliphatic rings. The Bertz CT molecular complexity index is 588. The van der Waals surface area contributed by atoms with Crippen molar-refractivity contribution in [3.05, 3.63) is 59.7 Å². The van der Waals surface area contributed by atoms with E-state index in [4.69, 9.17) is 9.47 Å². The third-order valence-corrected chi connectivity index (χ3v) is 3.69. The molecule has 0 aliphatic heterocycles. The second-order valence-corrected chi connectivity index (χ2v) is 5.24. The maximum Gasteiger partial charge on any atom is 0.161 e. The summed E-state index contributed by atoms with van der Waals surface area (Å²) < 4.78 is 11.1. The molecule has 2 aromatic carbocycles. The molecule has 4 nitrogen and oxygen atoms in total. The summed E-state index contributed by atoms with van der Waals surface area (Å²) in [7, 11) is 1.54. The number of benzene rings is 2. The molecule has 0 bridgehead atoms. The van der Waals surface area contributed by atoms with Crippen LogP contribution in [-0.2, 0) is 6.61 Å². The minimum Gasteiger partial charge on any atom is -0.493 e. The van der Waals surface area contributed by atoms with Crippen molar-refractivity contribution in [2.45, 2.75) is 18.8 Å². The molecule has 0 fully saturated rings. The smallest absolute Gasteiger partial charge is 0.161 e. The largest absolute Gasteiger partial charge is 0.493 e. The van der Waals surface area contributed by atoms with Crippen molar-refractivity contribution in [1.29, 1.82) is 0 Å². The van der Waals surface area contributed by atoms with E-state index in [0.717, 1.165) is 5.56 Å². The van der Waals surface area contributed by atoms with Gasteiger partial charge in [-0.25, -0.2) is 0 Å². The molecule has 118 valence electrons. The average Bonchev–Trinajstić information content (AvgIpc) is 2.59. The van der Waals surface area contributed by atoms with E-state index in [0.29, 0.717) is 23.7 Å². The highest BCUT2D eigenvalue weighted by molar-refractivity contribution is 7.80. The van der Waals surface area contributed by atoms with Crippen molar-refractivity contribution < 1.29 is 19.7 Å². The van der Waals surface area contributed by atoms with E-state index in [-0.39, 0.29) is 5.75 Å². The van der Waals surface area contributed by atoms with Gasteiger partial charge in [-0.15, -0.1) is 0 Å².